The van der Waals surface area contributed by atoms with Crippen LogP contribution in [0.1, 0.15) is 69.9 Å². The molecule has 3 aliphatic rings. The molecular weight excluding hydrogens is 390 g/mol. The zero-order chi connectivity index (χ0) is 22.2. The Balaban J connectivity index is 1.55. The fraction of sp³-hybridized carbons (Fsp3) is 0.680. The average molecular weight is 428 g/mol. The summed E-state index contributed by atoms with van der Waals surface area (Å²) in [6.07, 6.45) is 8.06. The van der Waals surface area contributed by atoms with Crippen molar-refractivity contribution in [3.63, 3.8) is 0 Å². The van der Waals surface area contributed by atoms with Crippen LogP contribution in [0.3, 0.4) is 0 Å². The minimum atomic E-state index is -0.643. The molecule has 4 atom stereocenters. The first-order chi connectivity index (χ1) is 14.8. The molecule has 2 unspecified atom stereocenters. The molecule has 1 aliphatic heterocycles. The minimum Gasteiger partial charge on any atom is -0.508 e. The van der Waals surface area contributed by atoms with Crippen molar-refractivity contribution in [3.05, 3.63) is 29.3 Å². The van der Waals surface area contributed by atoms with Crippen LogP contribution in [0.25, 0.3) is 0 Å². The standard InChI is InChI=1S/C25H37N3O3/c1-16-22-13-19-8-9-20(29)14-21(19)25(16,11-4-12-28(22)15-18-6-7-18)10-3-5-23(30)27-17(2)24(26)31/h8-9,14,16-18,22,29H,3-7,10-13,15H2,1-2H3,(H2,26,31)(H,27,30)/t16-,17-,22?,25?/m0/s1. The molecule has 31 heavy (non-hydrogen) atoms. The molecule has 0 radical (unpaired) electrons. The number of rotatable bonds is 8. The summed E-state index contributed by atoms with van der Waals surface area (Å²) in [5, 5.41) is 13.0. The summed E-state index contributed by atoms with van der Waals surface area (Å²) in [5.74, 6) is 1.03. The van der Waals surface area contributed by atoms with Crippen molar-refractivity contribution in [2.75, 3.05) is 13.1 Å². The van der Waals surface area contributed by atoms with E-state index in [2.05, 4.69) is 23.2 Å². The summed E-state index contributed by atoms with van der Waals surface area (Å²) in [5.41, 5.74) is 7.89. The summed E-state index contributed by atoms with van der Waals surface area (Å²) in [4.78, 5) is 26.3. The van der Waals surface area contributed by atoms with E-state index in [0.717, 1.165) is 44.6 Å². The number of likely N-dealkylation sites (tertiary alicyclic amines) is 1. The van der Waals surface area contributed by atoms with Crippen LogP contribution in [-0.4, -0.2) is 47.0 Å². The number of nitrogens with two attached hydrogens (primary N) is 1. The molecule has 1 saturated heterocycles. The molecule has 2 aliphatic carbocycles. The third-order valence-corrected chi connectivity index (χ3v) is 8.07. The summed E-state index contributed by atoms with van der Waals surface area (Å²) < 4.78 is 0. The molecule has 1 saturated carbocycles. The molecule has 1 heterocycles. The van der Waals surface area contributed by atoms with E-state index >= 15 is 0 Å². The van der Waals surface area contributed by atoms with Gasteiger partial charge in [0.2, 0.25) is 11.8 Å². The van der Waals surface area contributed by atoms with Crippen LogP contribution in [0.2, 0.25) is 0 Å². The monoisotopic (exact) mass is 427 g/mol. The van der Waals surface area contributed by atoms with Crippen molar-refractivity contribution in [2.24, 2.45) is 17.6 Å². The molecule has 2 fully saturated rings. The lowest BCUT2D eigenvalue weighted by Crippen LogP contribution is -2.51. The number of fused-ring (bicyclic) bond motifs is 4. The van der Waals surface area contributed by atoms with Crippen molar-refractivity contribution in [2.45, 2.75) is 82.7 Å². The van der Waals surface area contributed by atoms with Gasteiger partial charge in [-0.1, -0.05) is 13.0 Å². The Morgan fingerprint density at radius 3 is 2.84 bits per heavy atom. The second-order valence-electron chi connectivity index (χ2n) is 10.1. The van der Waals surface area contributed by atoms with Gasteiger partial charge in [0.25, 0.3) is 0 Å². The first kappa shape index (κ1) is 22.1. The van der Waals surface area contributed by atoms with E-state index in [1.807, 2.05) is 12.1 Å². The molecule has 1 aromatic rings. The van der Waals surface area contributed by atoms with Crippen LogP contribution in [0.4, 0.5) is 0 Å². The van der Waals surface area contributed by atoms with Gasteiger partial charge in [-0.25, -0.2) is 0 Å². The Kier molecular flexibility index (Phi) is 6.29. The van der Waals surface area contributed by atoms with Crippen LogP contribution in [0, 0.1) is 11.8 Å². The fourth-order valence-electron chi connectivity index (χ4n) is 6.09. The van der Waals surface area contributed by atoms with Crippen LogP contribution < -0.4 is 11.1 Å². The molecule has 170 valence electrons. The normalized spacial score (nSPS) is 29.0. The molecule has 0 spiro atoms. The van der Waals surface area contributed by atoms with Gasteiger partial charge in [-0.15, -0.1) is 0 Å². The summed E-state index contributed by atoms with van der Waals surface area (Å²) in [6.45, 7) is 6.36. The summed E-state index contributed by atoms with van der Waals surface area (Å²) in [7, 11) is 0. The number of hydrogen-bond acceptors (Lipinski definition) is 4. The minimum absolute atomic E-state index is 0.0229. The zero-order valence-electron chi connectivity index (χ0n) is 18.9. The van der Waals surface area contributed by atoms with Crippen molar-refractivity contribution in [3.8, 4) is 5.75 Å². The number of phenolic OH excluding ortho intramolecular Hbond substituents is 1. The maximum absolute atomic E-state index is 12.3. The molecular formula is C25H37N3O3. The molecule has 1 aromatic carbocycles. The highest BCUT2D eigenvalue weighted by Gasteiger charge is 2.49. The van der Waals surface area contributed by atoms with Gasteiger partial charge in [0, 0.05) is 19.0 Å². The molecule has 6 nitrogen and oxygen atoms in total. The maximum Gasteiger partial charge on any atom is 0.239 e. The second kappa shape index (κ2) is 8.81. The third kappa shape index (κ3) is 4.59. The molecule has 2 bridgehead atoms. The van der Waals surface area contributed by atoms with Crippen LogP contribution in [0.15, 0.2) is 18.2 Å². The largest absolute Gasteiger partial charge is 0.508 e. The highest BCUT2D eigenvalue weighted by atomic mass is 16.3. The van der Waals surface area contributed by atoms with E-state index in [9.17, 15) is 14.7 Å². The number of carbonyl (C=O) groups excluding carboxylic acids is 2. The first-order valence-electron chi connectivity index (χ1n) is 12.0. The van der Waals surface area contributed by atoms with E-state index < -0.39 is 11.9 Å². The number of carbonyl (C=O) groups is 2. The van der Waals surface area contributed by atoms with E-state index in [-0.39, 0.29) is 11.3 Å². The molecule has 2 amide bonds. The van der Waals surface area contributed by atoms with Gasteiger partial charge in [-0.2, -0.15) is 0 Å². The number of aromatic hydroxyl groups is 1. The smallest absolute Gasteiger partial charge is 0.239 e. The lowest BCUT2D eigenvalue weighted by molar-refractivity contribution is -0.127. The Morgan fingerprint density at radius 2 is 2.13 bits per heavy atom. The molecule has 6 heteroatoms. The van der Waals surface area contributed by atoms with E-state index in [1.54, 1.807) is 6.92 Å². The summed E-state index contributed by atoms with van der Waals surface area (Å²) in [6, 6.07) is 5.78. The van der Waals surface area contributed by atoms with Crippen molar-refractivity contribution < 1.29 is 14.7 Å². The number of phenols is 1. The average Bonchev–Trinajstić information content (AvgIpc) is 3.54. The Bertz CT molecular complexity index is 837. The first-order valence-corrected chi connectivity index (χ1v) is 12.0. The lowest BCUT2D eigenvalue weighted by Gasteiger charge is -2.49. The van der Waals surface area contributed by atoms with Crippen LogP contribution in [0.5, 0.6) is 5.75 Å². The zero-order valence-corrected chi connectivity index (χ0v) is 18.9. The SMILES string of the molecule is C[C@H](NC(=O)CCCC12CCCN(CC3CC3)C(Cc3ccc(O)cc31)[C@@H]2C)C(N)=O. The van der Waals surface area contributed by atoms with Gasteiger partial charge >= 0.3 is 0 Å². The van der Waals surface area contributed by atoms with Gasteiger partial charge in [0.1, 0.15) is 11.8 Å². The summed E-state index contributed by atoms with van der Waals surface area (Å²) >= 11 is 0. The maximum atomic E-state index is 12.3. The Hall–Kier alpha value is -2.08. The van der Waals surface area contributed by atoms with Gasteiger partial charge in [-0.05, 0) is 98.9 Å². The van der Waals surface area contributed by atoms with E-state index in [4.69, 9.17) is 5.73 Å². The molecule has 4 rings (SSSR count). The van der Waals surface area contributed by atoms with Crippen molar-refractivity contribution in [1.82, 2.24) is 10.2 Å². The van der Waals surface area contributed by atoms with Gasteiger partial charge < -0.3 is 16.2 Å². The number of hydrogen-bond donors (Lipinski definition) is 3. The third-order valence-electron chi connectivity index (χ3n) is 8.07. The van der Waals surface area contributed by atoms with E-state index in [0.29, 0.717) is 24.1 Å². The number of primary amides is 1. The Morgan fingerprint density at radius 1 is 1.35 bits per heavy atom. The van der Waals surface area contributed by atoms with Crippen molar-refractivity contribution >= 4 is 11.8 Å². The number of nitrogens with zero attached hydrogens (tertiary/aromatic N) is 1. The fourth-order valence-corrected chi connectivity index (χ4v) is 6.09. The number of benzene rings is 1. The van der Waals surface area contributed by atoms with Crippen molar-refractivity contribution in [1.29, 1.82) is 0 Å². The van der Waals surface area contributed by atoms with Gasteiger partial charge in [-0.3, -0.25) is 14.5 Å². The lowest BCUT2D eigenvalue weighted by atomic mass is 9.58. The van der Waals surface area contributed by atoms with Crippen LogP contribution >= 0.6 is 0 Å². The predicted molar refractivity (Wildman–Crippen MR) is 121 cm³/mol. The van der Waals surface area contributed by atoms with E-state index in [1.165, 1.54) is 30.5 Å². The molecule has 0 aromatic heterocycles. The second-order valence-corrected chi connectivity index (χ2v) is 10.1. The predicted octanol–water partition coefficient (Wildman–Crippen LogP) is 2.86. The Labute approximate surface area is 185 Å². The highest BCUT2D eigenvalue weighted by molar-refractivity contribution is 5.86. The highest BCUT2D eigenvalue weighted by Crippen LogP contribution is 2.52. The number of amides is 2. The topological polar surface area (TPSA) is 95.7 Å². The number of nitrogens with one attached hydrogen (secondary N) is 1. The van der Waals surface area contributed by atoms with Gasteiger partial charge in [0.15, 0.2) is 0 Å². The quantitative estimate of drug-likeness (QED) is 0.594. The molecule has 4 N–H and O–H groups in total. The van der Waals surface area contributed by atoms with Gasteiger partial charge in [0.05, 0.1) is 0 Å². The van der Waals surface area contributed by atoms with Crippen LogP contribution in [-0.2, 0) is 21.4 Å².